The highest BCUT2D eigenvalue weighted by Crippen LogP contribution is 2.18. The van der Waals surface area contributed by atoms with E-state index in [2.05, 4.69) is 5.32 Å². The zero-order chi connectivity index (χ0) is 18.4. The highest BCUT2D eigenvalue weighted by Gasteiger charge is 2.12. The van der Waals surface area contributed by atoms with E-state index in [0.717, 1.165) is 18.2 Å². The number of anilines is 1. The summed E-state index contributed by atoms with van der Waals surface area (Å²) in [6.45, 7) is -0.658. The number of methoxy groups -OCH3 is 1. The van der Waals surface area contributed by atoms with Crippen molar-refractivity contribution in [3.05, 3.63) is 59.4 Å². The number of hydrogen-bond donors (Lipinski definition) is 1. The summed E-state index contributed by atoms with van der Waals surface area (Å²) in [5.74, 6) is -3.88. The summed E-state index contributed by atoms with van der Waals surface area (Å²) < 4.78 is 49.2. The maximum absolute atomic E-state index is 13.5. The maximum atomic E-state index is 13.5. The maximum Gasteiger partial charge on any atom is 0.310 e. The Hall–Kier alpha value is -3.03. The number of halogens is 3. The molecule has 0 unspecified atom stereocenters. The first-order valence-corrected chi connectivity index (χ1v) is 7.12. The number of carbonyl (C=O) groups is 2. The molecular formula is C17H14F3NO4. The van der Waals surface area contributed by atoms with Gasteiger partial charge in [-0.05, 0) is 29.8 Å². The smallest absolute Gasteiger partial charge is 0.310 e. The van der Waals surface area contributed by atoms with Crippen LogP contribution < -0.4 is 10.1 Å². The zero-order valence-corrected chi connectivity index (χ0v) is 13.1. The molecule has 132 valence electrons. The zero-order valence-electron chi connectivity index (χ0n) is 13.1. The largest absolute Gasteiger partial charge is 0.494 e. The predicted molar refractivity (Wildman–Crippen MR) is 82.6 cm³/mol. The lowest BCUT2D eigenvalue weighted by atomic mass is 10.1. The average Bonchev–Trinajstić information content (AvgIpc) is 2.56. The number of benzene rings is 2. The van der Waals surface area contributed by atoms with Crippen molar-refractivity contribution in [3.8, 4) is 5.75 Å². The number of nitrogens with one attached hydrogen (secondary N) is 1. The number of amides is 1. The molecule has 0 aromatic heterocycles. The fourth-order valence-corrected chi connectivity index (χ4v) is 1.96. The van der Waals surface area contributed by atoms with Crippen LogP contribution in [0.1, 0.15) is 5.56 Å². The van der Waals surface area contributed by atoms with Gasteiger partial charge < -0.3 is 14.8 Å². The number of esters is 1. The van der Waals surface area contributed by atoms with E-state index in [1.54, 1.807) is 0 Å². The first kappa shape index (κ1) is 18.3. The quantitative estimate of drug-likeness (QED) is 0.811. The Balaban J connectivity index is 1.85. The molecule has 25 heavy (non-hydrogen) atoms. The summed E-state index contributed by atoms with van der Waals surface area (Å²) in [6.07, 6.45) is -0.251. The van der Waals surface area contributed by atoms with Crippen LogP contribution in [0.15, 0.2) is 36.4 Å². The van der Waals surface area contributed by atoms with Crippen molar-refractivity contribution < 1.29 is 32.2 Å². The monoisotopic (exact) mass is 353 g/mol. The molecule has 0 saturated carbocycles. The molecule has 0 aliphatic carbocycles. The lowest BCUT2D eigenvalue weighted by molar-refractivity contribution is -0.146. The van der Waals surface area contributed by atoms with Crippen molar-refractivity contribution in [1.82, 2.24) is 0 Å². The molecule has 0 aliphatic heterocycles. The third kappa shape index (κ3) is 5.23. The lowest BCUT2D eigenvalue weighted by Crippen LogP contribution is -2.22. The van der Waals surface area contributed by atoms with Gasteiger partial charge in [0, 0.05) is 6.07 Å². The summed E-state index contributed by atoms with van der Waals surface area (Å²) in [4.78, 5) is 23.3. The van der Waals surface area contributed by atoms with Gasteiger partial charge in [-0.2, -0.15) is 0 Å². The molecule has 1 amide bonds. The first-order valence-electron chi connectivity index (χ1n) is 7.12. The van der Waals surface area contributed by atoms with E-state index in [-0.39, 0.29) is 17.9 Å². The molecular weight excluding hydrogens is 339 g/mol. The average molecular weight is 353 g/mol. The summed E-state index contributed by atoms with van der Waals surface area (Å²) in [5.41, 5.74) is 0.105. The predicted octanol–water partition coefficient (Wildman–Crippen LogP) is 2.84. The van der Waals surface area contributed by atoms with Gasteiger partial charge in [0.2, 0.25) is 0 Å². The Bertz CT molecular complexity index is 795. The SMILES string of the molecule is COc1ccc(CC(=O)OCC(=O)Nc2ccc(F)cc2F)cc1F. The van der Waals surface area contributed by atoms with E-state index in [4.69, 9.17) is 9.47 Å². The van der Waals surface area contributed by atoms with E-state index in [0.29, 0.717) is 11.6 Å². The Labute approximate surface area is 141 Å². The Morgan fingerprint density at radius 3 is 2.44 bits per heavy atom. The summed E-state index contributed by atoms with van der Waals surface area (Å²) in [5, 5.41) is 2.15. The highest BCUT2D eigenvalue weighted by molar-refractivity contribution is 5.93. The van der Waals surface area contributed by atoms with Gasteiger partial charge in [-0.15, -0.1) is 0 Å². The Kier molecular flexibility index (Phi) is 5.99. The normalized spacial score (nSPS) is 10.2. The van der Waals surface area contributed by atoms with Gasteiger partial charge in [-0.25, -0.2) is 13.2 Å². The molecule has 0 radical (unpaired) electrons. The van der Waals surface area contributed by atoms with Crippen molar-refractivity contribution in [2.24, 2.45) is 0 Å². The van der Waals surface area contributed by atoms with Gasteiger partial charge in [-0.1, -0.05) is 6.07 Å². The van der Waals surface area contributed by atoms with Crippen molar-refractivity contribution in [2.75, 3.05) is 19.0 Å². The number of rotatable bonds is 6. The number of ether oxygens (including phenoxy) is 2. The second-order valence-electron chi connectivity index (χ2n) is 4.98. The third-order valence-corrected chi connectivity index (χ3v) is 3.13. The minimum Gasteiger partial charge on any atom is -0.494 e. The van der Waals surface area contributed by atoms with E-state index in [1.165, 1.54) is 19.2 Å². The highest BCUT2D eigenvalue weighted by atomic mass is 19.1. The number of hydrogen-bond acceptors (Lipinski definition) is 4. The Morgan fingerprint density at radius 1 is 1.04 bits per heavy atom. The third-order valence-electron chi connectivity index (χ3n) is 3.13. The molecule has 2 aromatic carbocycles. The minimum atomic E-state index is -0.951. The first-order chi connectivity index (χ1) is 11.9. The molecule has 0 bridgehead atoms. The fourth-order valence-electron chi connectivity index (χ4n) is 1.96. The van der Waals surface area contributed by atoms with Crippen molar-refractivity contribution in [2.45, 2.75) is 6.42 Å². The van der Waals surface area contributed by atoms with E-state index in [1.807, 2.05) is 0 Å². The second kappa shape index (κ2) is 8.18. The van der Waals surface area contributed by atoms with E-state index >= 15 is 0 Å². The fraction of sp³-hybridized carbons (Fsp3) is 0.176. The van der Waals surface area contributed by atoms with Crippen LogP contribution in [0.3, 0.4) is 0 Å². The van der Waals surface area contributed by atoms with Gasteiger partial charge in [0.1, 0.15) is 11.6 Å². The molecule has 1 N–H and O–H groups in total. The summed E-state index contributed by atoms with van der Waals surface area (Å²) in [6, 6.07) is 6.60. The molecule has 0 spiro atoms. The number of carbonyl (C=O) groups excluding carboxylic acids is 2. The molecule has 0 aliphatic rings. The van der Waals surface area contributed by atoms with Crippen LogP contribution >= 0.6 is 0 Å². The van der Waals surface area contributed by atoms with Gasteiger partial charge in [-0.3, -0.25) is 9.59 Å². The molecule has 5 nitrogen and oxygen atoms in total. The standard InChI is InChI=1S/C17H14F3NO4/c1-24-15-5-2-10(6-13(15)20)7-17(23)25-9-16(22)21-14-4-3-11(18)8-12(14)19/h2-6,8H,7,9H2,1H3,(H,21,22). The van der Waals surface area contributed by atoms with Gasteiger partial charge >= 0.3 is 5.97 Å². The molecule has 2 rings (SSSR count). The van der Waals surface area contributed by atoms with E-state index in [9.17, 15) is 22.8 Å². The Morgan fingerprint density at radius 2 is 1.80 bits per heavy atom. The van der Waals surface area contributed by atoms with Crippen molar-refractivity contribution in [3.63, 3.8) is 0 Å². The summed E-state index contributed by atoms with van der Waals surface area (Å²) >= 11 is 0. The lowest BCUT2D eigenvalue weighted by Gasteiger charge is -2.08. The van der Waals surface area contributed by atoms with Gasteiger partial charge in [0.25, 0.3) is 5.91 Å². The van der Waals surface area contributed by atoms with Crippen LogP contribution in [0.2, 0.25) is 0 Å². The molecule has 8 heteroatoms. The van der Waals surface area contributed by atoms with Gasteiger partial charge in [0.05, 0.1) is 19.2 Å². The van der Waals surface area contributed by atoms with Crippen LogP contribution in [-0.2, 0) is 20.7 Å². The van der Waals surface area contributed by atoms with Crippen LogP contribution in [0.5, 0.6) is 5.75 Å². The topological polar surface area (TPSA) is 64.6 Å². The van der Waals surface area contributed by atoms with Crippen molar-refractivity contribution >= 4 is 17.6 Å². The molecule has 0 atom stereocenters. The van der Waals surface area contributed by atoms with Crippen LogP contribution in [0, 0.1) is 17.5 Å². The van der Waals surface area contributed by atoms with Crippen molar-refractivity contribution in [1.29, 1.82) is 0 Å². The summed E-state index contributed by atoms with van der Waals surface area (Å²) in [7, 11) is 1.31. The molecule has 0 heterocycles. The van der Waals surface area contributed by atoms with Crippen LogP contribution in [-0.4, -0.2) is 25.6 Å². The van der Waals surface area contributed by atoms with Crippen LogP contribution in [0.25, 0.3) is 0 Å². The molecule has 0 fully saturated rings. The minimum absolute atomic E-state index is 0.0396. The second-order valence-corrected chi connectivity index (χ2v) is 4.98. The van der Waals surface area contributed by atoms with Gasteiger partial charge in [0.15, 0.2) is 18.2 Å². The molecule has 2 aromatic rings. The van der Waals surface area contributed by atoms with E-state index < -0.39 is 35.9 Å². The van der Waals surface area contributed by atoms with Crippen LogP contribution in [0.4, 0.5) is 18.9 Å². The molecule has 0 saturated heterocycles.